The number of anilines is 1. The van der Waals surface area contributed by atoms with Gasteiger partial charge < -0.3 is 15.1 Å². The molecule has 1 aliphatic rings. The molecule has 2 N–H and O–H groups in total. The smallest absolute Gasteiger partial charge is 0.292 e. The molecule has 2 amide bonds. The van der Waals surface area contributed by atoms with Crippen LogP contribution in [0.5, 0.6) is 0 Å². The van der Waals surface area contributed by atoms with Gasteiger partial charge in [0.1, 0.15) is 12.4 Å². The summed E-state index contributed by atoms with van der Waals surface area (Å²) < 4.78 is 7.33. The predicted molar refractivity (Wildman–Crippen MR) is 94.9 cm³/mol. The van der Waals surface area contributed by atoms with Gasteiger partial charge in [0.25, 0.3) is 5.91 Å². The number of hydrogen-bond acceptors (Lipinski definition) is 5. The molecule has 0 spiro atoms. The van der Waals surface area contributed by atoms with Crippen molar-refractivity contribution in [2.45, 2.75) is 31.4 Å². The minimum Gasteiger partial charge on any atom is -0.444 e. The van der Waals surface area contributed by atoms with E-state index in [-0.39, 0.29) is 24.1 Å². The van der Waals surface area contributed by atoms with Crippen LogP contribution in [0.1, 0.15) is 35.2 Å². The van der Waals surface area contributed by atoms with Crippen molar-refractivity contribution in [3.63, 3.8) is 0 Å². The van der Waals surface area contributed by atoms with Gasteiger partial charge in [-0.25, -0.2) is 4.68 Å². The van der Waals surface area contributed by atoms with Crippen molar-refractivity contribution in [2.75, 3.05) is 11.9 Å². The molecule has 0 saturated heterocycles. The van der Waals surface area contributed by atoms with Gasteiger partial charge >= 0.3 is 0 Å². The number of furan rings is 1. The number of carbonyl (C=O) groups excluding carboxylic acids is 2. The minimum atomic E-state index is -0.365. The maximum atomic E-state index is 12.4. The summed E-state index contributed by atoms with van der Waals surface area (Å²) in [7, 11) is 0. The summed E-state index contributed by atoms with van der Waals surface area (Å²) >= 11 is 4.91. The van der Waals surface area contributed by atoms with Crippen LogP contribution in [0.2, 0.25) is 0 Å². The Kier molecular flexibility index (Phi) is 5.30. The number of hydrogen-bond donors (Lipinski definition) is 2. The van der Waals surface area contributed by atoms with Gasteiger partial charge in [-0.05, 0) is 34.5 Å². The molecule has 7 nitrogen and oxygen atoms in total. The third kappa shape index (κ3) is 3.67. The zero-order valence-corrected chi connectivity index (χ0v) is 15.5. The highest BCUT2D eigenvalue weighted by molar-refractivity contribution is 9.10. The van der Waals surface area contributed by atoms with Crippen LogP contribution in [-0.4, -0.2) is 28.1 Å². The lowest BCUT2D eigenvalue weighted by molar-refractivity contribution is -0.121. The molecule has 128 valence electrons. The maximum Gasteiger partial charge on any atom is 0.292 e. The van der Waals surface area contributed by atoms with Crippen molar-refractivity contribution in [3.8, 4) is 0 Å². The Morgan fingerprint density at radius 1 is 1.42 bits per heavy atom. The van der Waals surface area contributed by atoms with E-state index in [9.17, 15) is 9.59 Å². The zero-order valence-electron chi connectivity index (χ0n) is 13.1. The average molecular weight is 413 g/mol. The molecule has 3 heterocycles. The molecule has 9 heteroatoms. The average Bonchev–Trinajstić information content (AvgIpc) is 3.24. The van der Waals surface area contributed by atoms with E-state index in [4.69, 9.17) is 4.42 Å². The number of carbonyl (C=O) groups is 2. The molecule has 0 radical (unpaired) electrons. The van der Waals surface area contributed by atoms with Crippen molar-refractivity contribution in [2.24, 2.45) is 0 Å². The number of thioether (sulfide) groups is 1. The van der Waals surface area contributed by atoms with Crippen molar-refractivity contribution in [1.82, 2.24) is 15.1 Å². The van der Waals surface area contributed by atoms with Crippen LogP contribution in [-0.2, 0) is 22.8 Å². The number of fused-ring (bicyclic) bond motifs is 1. The number of nitrogens with zero attached hydrogens (tertiary/aromatic N) is 2. The highest BCUT2D eigenvalue weighted by Gasteiger charge is 2.25. The first-order chi connectivity index (χ1) is 11.6. The lowest BCUT2D eigenvalue weighted by Gasteiger charge is -2.10. The normalized spacial score (nSPS) is 12.9. The minimum absolute atomic E-state index is 0.0785. The molecule has 0 unspecified atom stereocenters. The molecule has 0 aliphatic carbocycles. The second kappa shape index (κ2) is 7.43. The van der Waals surface area contributed by atoms with E-state index in [1.165, 1.54) is 0 Å². The number of halogens is 1. The summed E-state index contributed by atoms with van der Waals surface area (Å²) in [5.41, 5.74) is 1.89. The third-order valence-electron chi connectivity index (χ3n) is 3.51. The van der Waals surface area contributed by atoms with E-state index in [2.05, 4.69) is 31.7 Å². The molecular formula is C15H17BrN4O3S. The molecule has 3 rings (SSSR count). The van der Waals surface area contributed by atoms with Gasteiger partial charge in [0.05, 0.1) is 5.69 Å². The fourth-order valence-corrected chi connectivity index (χ4v) is 3.72. The topological polar surface area (TPSA) is 89.2 Å². The first kappa shape index (κ1) is 17.1. The van der Waals surface area contributed by atoms with E-state index in [0.29, 0.717) is 17.0 Å². The largest absolute Gasteiger partial charge is 0.444 e. The van der Waals surface area contributed by atoms with E-state index >= 15 is 0 Å². The molecule has 0 bridgehead atoms. The maximum absolute atomic E-state index is 12.4. The number of rotatable bonds is 6. The molecule has 0 aromatic carbocycles. The number of nitrogens with one attached hydrogen (secondary N) is 2. The summed E-state index contributed by atoms with van der Waals surface area (Å²) in [6.45, 7) is 2.69. The summed E-state index contributed by atoms with van der Waals surface area (Å²) in [6, 6.07) is 3.24. The fraction of sp³-hybridized carbons (Fsp3) is 0.400. The Morgan fingerprint density at radius 2 is 2.25 bits per heavy atom. The van der Waals surface area contributed by atoms with E-state index < -0.39 is 0 Å². The Balaban J connectivity index is 1.80. The van der Waals surface area contributed by atoms with Gasteiger partial charge in [0, 0.05) is 23.6 Å². The van der Waals surface area contributed by atoms with Gasteiger partial charge in [-0.2, -0.15) is 16.9 Å². The quantitative estimate of drug-likeness (QED) is 0.761. The van der Waals surface area contributed by atoms with Crippen molar-refractivity contribution in [1.29, 1.82) is 0 Å². The number of amides is 2. The Hall–Kier alpha value is -1.74. The Morgan fingerprint density at radius 3 is 2.96 bits per heavy atom. The molecular weight excluding hydrogens is 396 g/mol. The highest BCUT2D eigenvalue weighted by atomic mass is 79.9. The van der Waals surface area contributed by atoms with Gasteiger partial charge in [-0.15, -0.1) is 0 Å². The molecule has 1 aliphatic heterocycles. The van der Waals surface area contributed by atoms with Crippen LogP contribution in [0.15, 0.2) is 21.2 Å². The zero-order chi connectivity index (χ0) is 17.1. The molecule has 0 saturated carbocycles. The first-order valence-corrected chi connectivity index (χ1v) is 9.53. The predicted octanol–water partition coefficient (Wildman–Crippen LogP) is 2.76. The lowest BCUT2D eigenvalue weighted by atomic mass is 10.2. The Bertz CT molecular complexity index is 771. The van der Waals surface area contributed by atoms with Gasteiger partial charge in [0.15, 0.2) is 10.4 Å². The number of aromatic nitrogens is 2. The van der Waals surface area contributed by atoms with Crippen LogP contribution >= 0.6 is 27.7 Å². The van der Waals surface area contributed by atoms with Crippen molar-refractivity contribution < 1.29 is 14.0 Å². The summed E-state index contributed by atoms with van der Waals surface area (Å²) in [4.78, 5) is 24.4. The van der Waals surface area contributed by atoms with Gasteiger partial charge in [-0.1, -0.05) is 6.92 Å². The van der Waals surface area contributed by atoms with Gasteiger partial charge in [-0.3, -0.25) is 9.59 Å². The van der Waals surface area contributed by atoms with Gasteiger partial charge in [0.2, 0.25) is 5.91 Å². The second-order valence-electron chi connectivity index (χ2n) is 5.33. The Labute approximate surface area is 151 Å². The monoisotopic (exact) mass is 412 g/mol. The van der Waals surface area contributed by atoms with Crippen molar-refractivity contribution >= 4 is 45.3 Å². The molecule has 24 heavy (non-hydrogen) atoms. The van der Waals surface area contributed by atoms with Crippen LogP contribution in [0.3, 0.4) is 0 Å². The van der Waals surface area contributed by atoms with E-state index in [1.807, 2.05) is 6.92 Å². The van der Waals surface area contributed by atoms with E-state index in [1.54, 1.807) is 28.6 Å². The van der Waals surface area contributed by atoms with Crippen LogP contribution in [0.25, 0.3) is 0 Å². The van der Waals surface area contributed by atoms with E-state index in [0.717, 1.165) is 29.2 Å². The summed E-state index contributed by atoms with van der Waals surface area (Å²) in [5.74, 6) is 1.83. The SMILES string of the molecule is CCCNC(=O)Cn1nc2c(c1NC(=O)c1ccc(Br)o1)CSC2. The van der Waals surface area contributed by atoms with Crippen LogP contribution in [0, 0.1) is 0 Å². The molecule has 2 aromatic heterocycles. The fourth-order valence-electron chi connectivity index (χ4n) is 2.38. The highest BCUT2D eigenvalue weighted by Crippen LogP contribution is 2.35. The molecule has 2 aromatic rings. The third-order valence-corrected chi connectivity index (χ3v) is 4.91. The molecule has 0 atom stereocenters. The standard InChI is InChI=1S/C15H17BrN4O3S/c1-2-5-17-13(21)6-20-14(9-7-24-8-10(9)19-20)18-15(22)11-3-4-12(16)23-11/h3-4H,2,5-8H2,1H3,(H,17,21)(H,18,22). The van der Waals surface area contributed by atoms with Crippen LogP contribution < -0.4 is 10.6 Å². The second-order valence-corrected chi connectivity index (χ2v) is 7.10. The van der Waals surface area contributed by atoms with Crippen LogP contribution in [0.4, 0.5) is 5.82 Å². The first-order valence-electron chi connectivity index (χ1n) is 7.58. The summed E-state index contributed by atoms with van der Waals surface area (Å²) in [5, 5.41) is 10.1. The van der Waals surface area contributed by atoms with Crippen molar-refractivity contribution in [3.05, 3.63) is 33.8 Å². The summed E-state index contributed by atoms with van der Waals surface area (Å²) in [6.07, 6.45) is 0.870. The lowest BCUT2D eigenvalue weighted by Crippen LogP contribution is -2.29. The molecule has 0 fully saturated rings.